The van der Waals surface area contributed by atoms with Crippen LogP contribution in [0.15, 0.2) is 24.3 Å². The highest BCUT2D eigenvalue weighted by Gasteiger charge is 2.10. The van der Waals surface area contributed by atoms with Crippen LogP contribution in [0.2, 0.25) is 0 Å². The van der Waals surface area contributed by atoms with Crippen molar-refractivity contribution in [2.24, 2.45) is 5.73 Å². The second-order valence-corrected chi connectivity index (χ2v) is 6.31. The Labute approximate surface area is 125 Å². The van der Waals surface area contributed by atoms with Crippen LogP contribution in [0.4, 0.5) is 0 Å². The normalized spacial score (nSPS) is 11.3. The van der Waals surface area contributed by atoms with E-state index in [1.807, 2.05) is 0 Å². The molecule has 0 unspecified atom stereocenters. The molecule has 0 fully saturated rings. The van der Waals surface area contributed by atoms with E-state index in [2.05, 4.69) is 31.2 Å². The van der Waals surface area contributed by atoms with Crippen molar-refractivity contribution in [1.82, 2.24) is 0 Å². The lowest BCUT2D eigenvalue weighted by Gasteiger charge is -2.06. The van der Waals surface area contributed by atoms with Crippen LogP contribution >= 0.6 is 11.3 Å². The van der Waals surface area contributed by atoms with Gasteiger partial charge in [-0.1, -0.05) is 50.8 Å². The van der Waals surface area contributed by atoms with Crippen LogP contribution in [0.5, 0.6) is 0 Å². The smallest absolute Gasteiger partial charge is 0.0734 e. The first-order valence-electron chi connectivity index (χ1n) is 7.64. The lowest BCUT2D eigenvalue weighted by Crippen LogP contribution is -2.01. The molecule has 1 aromatic carbocycles. The van der Waals surface area contributed by atoms with Crippen LogP contribution in [0, 0.1) is 0 Å². The lowest BCUT2D eigenvalue weighted by atomic mass is 10.1. The summed E-state index contributed by atoms with van der Waals surface area (Å²) in [7, 11) is 0. The van der Waals surface area contributed by atoms with Gasteiger partial charge in [-0.25, -0.2) is 0 Å². The van der Waals surface area contributed by atoms with E-state index in [0.717, 1.165) is 6.61 Å². The van der Waals surface area contributed by atoms with Gasteiger partial charge in [0.25, 0.3) is 0 Å². The molecule has 0 aliphatic carbocycles. The van der Waals surface area contributed by atoms with E-state index < -0.39 is 0 Å². The number of benzene rings is 1. The van der Waals surface area contributed by atoms with Gasteiger partial charge in [-0.05, 0) is 17.9 Å². The summed E-state index contributed by atoms with van der Waals surface area (Å²) in [6, 6.07) is 8.50. The molecule has 2 aromatic rings. The molecule has 1 heterocycles. The van der Waals surface area contributed by atoms with Crippen molar-refractivity contribution < 1.29 is 4.74 Å². The van der Waals surface area contributed by atoms with Gasteiger partial charge in [-0.15, -0.1) is 11.3 Å². The minimum absolute atomic E-state index is 0.606. The number of unbranched alkanes of at least 4 members (excludes halogenated alkanes) is 4. The third kappa shape index (κ3) is 4.05. The summed E-state index contributed by atoms with van der Waals surface area (Å²) in [6.45, 7) is 4.41. The molecule has 2 N–H and O–H groups in total. The number of nitrogens with two attached hydrogens (primary N) is 1. The highest BCUT2D eigenvalue weighted by atomic mass is 32.1. The standard InChI is InChI=1S/C17H25NOS/c1-2-3-4-5-8-11-19-13-15-14-9-6-7-10-16(14)20-17(15)12-18/h6-7,9-10H,2-5,8,11-13,18H2,1H3. The number of hydrogen-bond acceptors (Lipinski definition) is 3. The van der Waals surface area contributed by atoms with Crippen molar-refractivity contribution in [2.75, 3.05) is 6.61 Å². The summed E-state index contributed by atoms with van der Waals surface area (Å²) in [5.41, 5.74) is 7.15. The summed E-state index contributed by atoms with van der Waals surface area (Å²) in [6.07, 6.45) is 6.41. The average Bonchev–Trinajstić information content (AvgIpc) is 2.84. The Hall–Kier alpha value is -0.900. The zero-order valence-corrected chi connectivity index (χ0v) is 13.2. The van der Waals surface area contributed by atoms with Gasteiger partial charge in [0.2, 0.25) is 0 Å². The van der Waals surface area contributed by atoms with Gasteiger partial charge in [0, 0.05) is 28.3 Å². The van der Waals surface area contributed by atoms with Gasteiger partial charge >= 0.3 is 0 Å². The first-order valence-corrected chi connectivity index (χ1v) is 8.45. The minimum Gasteiger partial charge on any atom is -0.377 e. The number of rotatable bonds is 9. The molecule has 0 bridgehead atoms. The molecule has 110 valence electrons. The number of fused-ring (bicyclic) bond motifs is 1. The van der Waals surface area contributed by atoms with Crippen LogP contribution in [0.1, 0.15) is 49.5 Å². The van der Waals surface area contributed by atoms with Crippen molar-refractivity contribution in [3.8, 4) is 0 Å². The predicted octanol–water partition coefficient (Wildman–Crippen LogP) is 4.85. The van der Waals surface area contributed by atoms with E-state index in [-0.39, 0.29) is 0 Å². The monoisotopic (exact) mass is 291 g/mol. The molecule has 0 aliphatic heterocycles. The van der Waals surface area contributed by atoms with E-state index in [1.165, 1.54) is 52.6 Å². The van der Waals surface area contributed by atoms with Crippen LogP contribution in [-0.4, -0.2) is 6.61 Å². The molecule has 2 rings (SSSR count). The first kappa shape index (κ1) is 15.5. The predicted molar refractivity (Wildman–Crippen MR) is 88.1 cm³/mol. The Morgan fingerprint density at radius 3 is 2.70 bits per heavy atom. The van der Waals surface area contributed by atoms with Crippen molar-refractivity contribution in [2.45, 2.75) is 52.2 Å². The van der Waals surface area contributed by atoms with Gasteiger partial charge in [-0.2, -0.15) is 0 Å². The molecule has 0 radical (unpaired) electrons. The Morgan fingerprint density at radius 2 is 1.90 bits per heavy atom. The second kappa shape index (κ2) is 8.40. The maximum atomic E-state index is 5.86. The van der Waals surface area contributed by atoms with E-state index in [0.29, 0.717) is 13.2 Å². The molecule has 0 saturated heterocycles. The maximum absolute atomic E-state index is 5.86. The summed E-state index contributed by atoms with van der Waals surface area (Å²) in [4.78, 5) is 1.26. The highest BCUT2D eigenvalue weighted by Crippen LogP contribution is 2.31. The van der Waals surface area contributed by atoms with Gasteiger partial charge < -0.3 is 10.5 Å². The number of hydrogen-bond donors (Lipinski definition) is 1. The Bertz CT molecular complexity index is 521. The fourth-order valence-corrected chi connectivity index (χ4v) is 3.54. The summed E-state index contributed by atoms with van der Waals surface area (Å²) in [5, 5.41) is 1.31. The third-order valence-corrected chi connectivity index (χ3v) is 4.84. The van der Waals surface area contributed by atoms with Crippen molar-refractivity contribution in [3.63, 3.8) is 0 Å². The average molecular weight is 291 g/mol. The molecular weight excluding hydrogens is 266 g/mol. The van der Waals surface area contributed by atoms with E-state index in [1.54, 1.807) is 11.3 Å². The summed E-state index contributed by atoms with van der Waals surface area (Å²) in [5.74, 6) is 0. The highest BCUT2D eigenvalue weighted by molar-refractivity contribution is 7.19. The fourth-order valence-electron chi connectivity index (χ4n) is 2.45. The largest absolute Gasteiger partial charge is 0.377 e. The summed E-state index contributed by atoms with van der Waals surface area (Å²) >= 11 is 1.79. The second-order valence-electron chi connectivity index (χ2n) is 5.17. The number of ether oxygens (including phenoxy) is 1. The molecule has 0 atom stereocenters. The van der Waals surface area contributed by atoms with Crippen molar-refractivity contribution >= 4 is 21.4 Å². The quantitative estimate of drug-likeness (QED) is 0.670. The maximum Gasteiger partial charge on any atom is 0.0734 e. The molecule has 20 heavy (non-hydrogen) atoms. The van der Waals surface area contributed by atoms with Crippen molar-refractivity contribution in [3.05, 3.63) is 34.7 Å². The van der Waals surface area contributed by atoms with Crippen LogP contribution in [-0.2, 0) is 17.9 Å². The zero-order chi connectivity index (χ0) is 14.2. The third-order valence-electron chi connectivity index (χ3n) is 3.61. The molecule has 0 aliphatic rings. The zero-order valence-electron chi connectivity index (χ0n) is 12.4. The van der Waals surface area contributed by atoms with Crippen molar-refractivity contribution in [1.29, 1.82) is 0 Å². The van der Waals surface area contributed by atoms with Crippen LogP contribution in [0.25, 0.3) is 10.1 Å². The Morgan fingerprint density at radius 1 is 1.10 bits per heavy atom. The lowest BCUT2D eigenvalue weighted by molar-refractivity contribution is 0.117. The molecule has 0 amide bonds. The molecule has 1 aromatic heterocycles. The van der Waals surface area contributed by atoms with Gasteiger partial charge in [0.1, 0.15) is 0 Å². The SMILES string of the molecule is CCCCCCCOCc1c(CN)sc2ccccc12. The van der Waals surface area contributed by atoms with E-state index in [9.17, 15) is 0 Å². The Kier molecular flexibility index (Phi) is 6.51. The van der Waals surface area contributed by atoms with E-state index in [4.69, 9.17) is 10.5 Å². The van der Waals surface area contributed by atoms with E-state index >= 15 is 0 Å². The van der Waals surface area contributed by atoms with Gasteiger partial charge in [0.05, 0.1) is 6.61 Å². The molecule has 0 saturated carbocycles. The minimum atomic E-state index is 0.606. The topological polar surface area (TPSA) is 35.2 Å². The van der Waals surface area contributed by atoms with Gasteiger partial charge in [0.15, 0.2) is 0 Å². The molecule has 2 nitrogen and oxygen atoms in total. The first-order chi connectivity index (χ1) is 9.86. The van der Waals surface area contributed by atoms with Gasteiger partial charge in [-0.3, -0.25) is 0 Å². The van der Waals surface area contributed by atoms with Crippen LogP contribution < -0.4 is 5.73 Å². The summed E-state index contributed by atoms with van der Waals surface area (Å²) < 4.78 is 7.17. The molecule has 3 heteroatoms. The molecule has 0 spiro atoms. The Balaban J connectivity index is 1.86. The van der Waals surface area contributed by atoms with Crippen LogP contribution in [0.3, 0.4) is 0 Å². The fraction of sp³-hybridized carbons (Fsp3) is 0.529. The molecular formula is C17H25NOS. The number of thiophene rings is 1.